The van der Waals surface area contributed by atoms with Gasteiger partial charge in [-0.15, -0.1) is 0 Å². The van der Waals surface area contributed by atoms with E-state index in [0.29, 0.717) is 13.1 Å². The van der Waals surface area contributed by atoms with E-state index in [1.54, 1.807) is 25.5 Å². The molecule has 1 aromatic rings. The maximum absolute atomic E-state index is 8.93. The number of hydrogen-bond acceptors (Lipinski definition) is 4. The molecule has 1 atom stereocenters. The molecule has 2 N–H and O–H groups in total. The molecule has 0 saturated heterocycles. The van der Waals surface area contributed by atoms with E-state index < -0.39 is 0 Å². The van der Waals surface area contributed by atoms with E-state index in [4.69, 9.17) is 5.11 Å². The van der Waals surface area contributed by atoms with Gasteiger partial charge in [-0.2, -0.15) is 0 Å². The van der Waals surface area contributed by atoms with Gasteiger partial charge in [-0.3, -0.25) is 9.97 Å². The third-order valence-corrected chi connectivity index (χ3v) is 1.36. The zero-order chi connectivity index (χ0) is 8.81. The highest BCUT2D eigenvalue weighted by Crippen LogP contribution is 1.88. The van der Waals surface area contributed by atoms with Gasteiger partial charge in [0.25, 0.3) is 0 Å². The molecule has 0 aliphatic carbocycles. The molecular weight excluding hydrogens is 154 g/mol. The van der Waals surface area contributed by atoms with Crippen molar-refractivity contribution in [3.05, 3.63) is 24.3 Å². The molecule has 0 radical (unpaired) electrons. The molecule has 0 aromatic carbocycles. The predicted molar refractivity (Wildman–Crippen MR) is 45.4 cm³/mol. The van der Waals surface area contributed by atoms with Crippen LogP contribution in [0.2, 0.25) is 0 Å². The molecule has 4 heteroatoms. The van der Waals surface area contributed by atoms with E-state index in [0.717, 1.165) is 5.69 Å². The molecule has 66 valence electrons. The molecule has 1 rings (SSSR count). The first-order valence-electron chi connectivity index (χ1n) is 3.92. The minimum absolute atomic E-state index is 0.318. The number of rotatable bonds is 4. The lowest BCUT2D eigenvalue weighted by molar-refractivity contribution is 0.191. The summed E-state index contributed by atoms with van der Waals surface area (Å²) in [7, 11) is 0. The molecule has 0 aliphatic rings. The van der Waals surface area contributed by atoms with Gasteiger partial charge in [0.05, 0.1) is 11.8 Å². The number of nitrogens with zero attached hydrogens (tertiary/aromatic N) is 2. The lowest BCUT2D eigenvalue weighted by Crippen LogP contribution is -2.24. The van der Waals surface area contributed by atoms with Crippen LogP contribution in [0.1, 0.15) is 12.6 Å². The Morgan fingerprint density at radius 2 is 2.42 bits per heavy atom. The molecule has 4 nitrogen and oxygen atoms in total. The van der Waals surface area contributed by atoms with Crippen molar-refractivity contribution in [1.82, 2.24) is 15.3 Å². The number of aliphatic hydroxyl groups is 1. The largest absolute Gasteiger partial charge is 0.392 e. The van der Waals surface area contributed by atoms with Crippen LogP contribution in [-0.2, 0) is 6.54 Å². The highest BCUT2D eigenvalue weighted by atomic mass is 16.3. The SMILES string of the molecule is CC(O)CNCc1cnccn1. The van der Waals surface area contributed by atoms with Gasteiger partial charge in [0.2, 0.25) is 0 Å². The van der Waals surface area contributed by atoms with E-state index >= 15 is 0 Å². The monoisotopic (exact) mass is 167 g/mol. The van der Waals surface area contributed by atoms with E-state index in [9.17, 15) is 0 Å². The lowest BCUT2D eigenvalue weighted by Gasteiger charge is -2.05. The van der Waals surface area contributed by atoms with Crippen molar-refractivity contribution in [2.45, 2.75) is 19.6 Å². The summed E-state index contributed by atoms with van der Waals surface area (Å²) in [5.74, 6) is 0. The Hall–Kier alpha value is -1.00. The lowest BCUT2D eigenvalue weighted by atomic mass is 10.4. The zero-order valence-electron chi connectivity index (χ0n) is 7.07. The summed E-state index contributed by atoms with van der Waals surface area (Å²) in [6.07, 6.45) is 4.67. The summed E-state index contributed by atoms with van der Waals surface area (Å²) in [6, 6.07) is 0. The van der Waals surface area contributed by atoms with Crippen molar-refractivity contribution >= 4 is 0 Å². The van der Waals surface area contributed by atoms with Crippen LogP contribution in [0.15, 0.2) is 18.6 Å². The number of hydrogen-bond donors (Lipinski definition) is 2. The topological polar surface area (TPSA) is 58.0 Å². The Bertz CT molecular complexity index is 213. The molecule has 1 aromatic heterocycles. The molecular formula is C8H13N3O. The van der Waals surface area contributed by atoms with Crippen molar-refractivity contribution in [3.63, 3.8) is 0 Å². The van der Waals surface area contributed by atoms with Crippen LogP contribution in [0.3, 0.4) is 0 Å². The van der Waals surface area contributed by atoms with Crippen molar-refractivity contribution in [1.29, 1.82) is 0 Å². The zero-order valence-corrected chi connectivity index (χ0v) is 7.07. The second-order valence-corrected chi connectivity index (χ2v) is 2.68. The predicted octanol–water partition coefficient (Wildman–Crippen LogP) is -0.0530. The summed E-state index contributed by atoms with van der Waals surface area (Å²) in [6.45, 7) is 2.97. The van der Waals surface area contributed by atoms with Gasteiger partial charge in [-0.1, -0.05) is 0 Å². The van der Waals surface area contributed by atoms with Crippen molar-refractivity contribution < 1.29 is 5.11 Å². The first kappa shape index (κ1) is 9.09. The van der Waals surface area contributed by atoms with Gasteiger partial charge in [0.1, 0.15) is 0 Å². The fraction of sp³-hybridized carbons (Fsp3) is 0.500. The third kappa shape index (κ3) is 3.41. The maximum Gasteiger partial charge on any atom is 0.0724 e. The van der Waals surface area contributed by atoms with Gasteiger partial charge in [-0.05, 0) is 6.92 Å². The molecule has 0 aliphatic heterocycles. The highest BCUT2D eigenvalue weighted by molar-refractivity contribution is 4.93. The van der Waals surface area contributed by atoms with Crippen LogP contribution in [0.25, 0.3) is 0 Å². The van der Waals surface area contributed by atoms with Gasteiger partial charge in [0.15, 0.2) is 0 Å². The van der Waals surface area contributed by atoms with Gasteiger partial charge in [0, 0.05) is 31.7 Å². The highest BCUT2D eigenvalue weighted by Gasteiger charge is 1.95. The first-order chi connectivity index (χ1) is 5.79. The standard InChI is InChI=1S/C8H13N3O/c1-7(12)4-10-6-8-5-9-2-3-11-8/h2-3,5,7,10,12H,4,6H2,1H3. The molecule has 1 unspecified atom stereocenters. The fourth-order valence-electron chi connectivity index (χ4n) is 0.830. The molecule has 1 heterocycles. The van der Waals surface area contributed by atoms with Gasteiger partial charge in [-0.25, -0.2) is 0 Å². The molecule has 0 spiro atoms. The van der Waals surface area contributed by atoms with E-state index in [1.165, 1.54) is 0 Å². The minimum atomic E-state index is -0.318. The van der Waals surface area contributed by atoms with Crippen LogP contribution in [0.4, 0.5) is 0 Å². The Kier molecular flexibility index (Phi) is 3.63. The molecule has 0 fully saturated rings. The van der Waals surface area contributed by atoms with E-state index in [2.05, 4.69) is 15.3 Å². The van der Waals surface area contributed by atoms with Gasteiger partial charge >= 0.3 is 0 Å². The van der Waals surface area contributed by atoms with Crippen LogP contribution in [0.5, 0.6) is 0 Å². The van der Waals surface area contributed by atoms with Crippen LogP contribution in [0, 0.1) is 0 Å². The minimum Gasteiger partial charge on any atom is -0.392 e. The van der Waals surface area contributed by atoms with Crippen LogP contribution < -0.4 is 5.32 Å². The quantitative estimate of drug-likeness (QED) is 0.660. The number of nitrogens with one attached hydrogen (secondary N) is 1. The molecule has 0 bridgehead atoms. The average molecular weight is 167 g/mol. The van der Waals surface area contributed by atoms with Gasteiger partial charge < -0.3 is 10.4 Å². The Morgan fingerprint density at radius 3 is 3.00 bits per heavy atom. The smallest absolute Gasteiger partial charge is 0.0724 e. The normalized spacial score (nSPS) is 12.8. The molecule has 0 saturated carbocycles. The van der Waals surface area contributed by atoms with Crippen molar-refractivity contribution in [2.75, 3.05) is 6.54 Å². The Labute approximate surface area is 71.7 Å². The summed E-state index contributed by atoms with van der Waals surface area (Å²) >= 11 is 0. The van der Waals surface area contributed by atoms with E-state index in [-0.39, 0.29) is 6.10 Å². The second kappa shape index (κ2) is 4.79. The van der Waals surface area contributed by atoms with Crippen molar-refractivity contribution in [3.8, 4) is 0 Å². The first-order valence-corrected chi connectivity index (χ1v) is 3.92. The number of aromatic nitrogens is 2. The average Bonchev–Trinajstić information content (AvgIpc) is 2.05. The summed E-state index contributed by atoms with van der Waals surface area (Å²) < 4.78 is 0. The summed E-state index contributed by atoms with van der Waals surface area (Å²) in [4.78, 5) is 7.99. The van der Waals surface area contributed by atoms with Crippen LogP contribution in [-0.4, -0.2) is 27.7 Å². The number of aliphatic hydroxyl groups excluding tert-OH is 1. The summed E-state index contributed by atoms with van der Waals surface area (Å²) in [5, 5.41) is 12.0. The molecule has 0 amide bonds. The second-order valence-electron chi connectivity index (χ2n) is 2.68. The third-order valence-electron chi connectivity index (χ3n) is 1.36. The Morgan fingerprint density at radius 1 is 1.58 bits per heavy atom. The van der Waals surface area contributed by atoms with Crippen LogP contribution >= 0.6 is 0 Å². The molecule has 12 heavy (non-hydrogen) atoms. The van der Waals surface area contributed by atoms with Crippen molar-refractivity contribution in [2.24, 2.45) is 0 Å². The summed E-state index contributed by atoms with van der Waals surface area (Å²) in [5.41, 5.74) is 0.887. The Balaban J connectivity index is 2.25. The fourth-order valence-corrected chi connectivity index (χ4v) is 0.830. The maximum atomic E-state index is 8.93. The van der Waals surface area contributed by atoms with E-state index in [1.807, 2.05) is 0 Å².